The number of nitrogens with zero attached hydrogens (tertiary/aromatic N) is 2. The molecule has 0 saturated heterocycles. The van der Waals surface area contributed by atoms with Crippen LogP contribution in [0.4, 0.5) is 0 Å². The summed E-state index contributed by atoms with van der Waals surface area (Å²) in [7, 11) is 2.04. The number of thiophene rings is 1. The predicted molar refractivity (Wildman–Crippen MR) is 83.6 cm³/mol. The Balaban J connectivity index is 2.19. The Kier molecular flexibility index (Phi) is 5.28. The molecule has 0 amide bonds. The number of hydrogen-bond acceptors (Lipinski definition) is 5. The second-order valence-corrected chi connectivity index (χ2v) is 6.69. The van der Waals surface area contributed by atoms with Gasteiger partial charge in [0.15, 0.2) is 0 Å². The molecule has 6 heteroatoms. The average molecular weight is 310 g/mol. The normalized spacial score (nSPS) is 11.2. The molecule has 0 radical (unpaired) electrons. The van der Waals surface area contributed by atoms with Crippen molar-refractivity contribution in [2.75, 3.05) is 13.6 Å². The zero-order valence-corrected chi connectivity index (χ0v) is 13.3. The molecule has 0 aliphatic heterocycles. The maximum Gasteiger partial charge on any atom is 0.348 e. The van der Waals surface area contributed by atoms with Gasteiger partial charge in [0.25, 0.3) is 0 Å². The minimum absolute atomic E-state index is 0.339. The second-order valence-electron chi connectivity index (χ2n) is 4.66. The average Bonchev–Trinajstić information content (AvgIpc) is 3.04. The van der Waals surface area contributed by atoms with Gasteiger partial charge < -0.3 is 5.11 Å². The van der Waals surface area contributed by atoms with Crippen LogP contribution >= 0.6 is 22.7 Å². The molecule has 0 atom stereocenters. The molecule has 2 heterocycles. The van der Waals surface area contributed by atoms with Gasteiger partial charge in [-0.1, -0.05) is 19.4 Å². The summed E-state index contributed by atoms with van der Waals surface area (Å²) in [4.78, 5) is 19.3. The Morgan fingerprint density at radius 2 is 2.30 bits per heavy atom. The number of carboxylic acids is 1. The van der Waals surface area contributed by atoms with E-state index in [0.29, 0.717) is 17.1 Å². The Labute approximate surface area is 126 Å². The third-order valence-electron chi connectivity index (χ3n) is 2.92. The third kappa shape index (κ3) is 3.65. The Morgan fingerprint density at radius 1 is 1.50 bits per heavy atom. The van der Waals surface area contributed by atoms with E-state index >= 15 is 0 Å². The van der Waals surface area contributed by atoms with Crippen LogP contribution in [0.15, 0.2) is 17.5 Å². The zero-order chi connectivity index (χ0) is 14.5. The molecule has 2 aromatic heterocycles. The number of carbonyl (C=O) groups is 1. The maximum absolute atomic E-state index is 11.3. The van der Waals surface area contributed by atoms with Crippen LogP contribution in [0.2, 0.25) is 0 Å². The standard InChI is InChI=1S/C14H18N2O2S2/c1-3-4-7-16(2)9-11-15-12(10-6-5-8-19-10)13(20-11)14(17)18/h5-6,8H,3-4,7,9H2,1-2H3,(H,17,18). The third-order valence-corrected chi connectivity index (χ3v) is 4.82. The summed E-state index contributed by atoms with van der Waals surface area (Å²) in [6, 6.07) is 3.83. The molecule has 2 aromatic rings. The lowest BCUT2D eigenvalue weighted by atomic mass is 10.3. The summed E-state index contributed by atoms with van der Waals surface area (Å²) in [6.45, 7) is 3.87. The lowest BCUT2D eigenvalue weighted by Crippen LogP contribution is -2.18. The molecular formula is C14H18N2O2S2. The molecule has 0 unspecified atom stereocenters. The highest BCUT2D eigenvalue weighted by Crippen LogP contribution is 2.31. The Hall–Kier alpha value is -1.24. The van der Waals surface area contributed by atoms with E-state index in [4.69, 9.17) is 0 Å². The minimum atomic E-state index is -0.895. The maximum atomic E-state index is 11.3. The first-order chi connectivity index (χ1) is 9.61. The summed E-state index contributed by atoms with van der Waals surface area (Å²) in [6.07, 6.45) is 2.30. The first kappa shape index (κ1) is 15.2. The molecular weight excluding hydrogens is 292 g/mol. The van der Waals surface area contributed by atoms with Crippen LogP contribution in [-0.2, 0) is 6.54 Å². The number of aromatic carboxylic acids is 1. The van der Waals surface area contributed by atoms with Crippen molar-refractivity contribution in [2.24, 2.45) is 0 Å². The molecule has 108 valence electrons. The van der Waals surface area contributed by atoms with Gasteiger partial charge in [-0.2, -0.15) is 0 Å². The topological polar surface area (TPSA) is 53.4 Å². The van der Waals surface area contributed by atoms with Crippen molar-refractivity contribution >= 4 is 28.6 Å². The minimum Gasteiger partial charge on any atom is -0.477 e. The molecule has 0 aliphatic carbocycles. The van der Waals surface area contributed by atoms with Gasteiger partial charge in [0.05, 0.1) is 11.4 Å². The summed E-state index contributed by atoms with van der Waals surface area (Å²) in [5.41, 5.74) is 0.608. The first-order valence-corrected chi connectivity index (χ1v) is 8.26. The number of rotatable bonds is 7. The monoisotopic (exact) mass is 310 g/mol. The van der Waals surface area contributed by atoms with Gasteiger partial charge in [-0.15, -0.1) is 22.7 Å². The van der Waals surface area contributed by atoms with Gasteiger partial charge in [-0.25, -0.2) is 9.78 Å². The highest BCUT2D eigenvalue weighted by molar-refractivity contribution is 7.16. The lowest BCUT2D eigenvalue weighted by molar-refractivity contribution is 0.0703. The van der Waals surface area contributed by atoms with Gasteiger partial charge in [0, 0.05) is 0 Å². The van der Waals surface area contributed by atoms with Gasteiger partial charge in [-0.3, -0.25) is 4.90 Å². The number of thiazole rings is 1. The van der Waals surface area contributed by atoms with E-state index < -0.39 is 5.97 Å². The summed E-state index contributed by atoms with van der Waals surface area (Å²) in [5, 5.41) is 12.1. The van der Waals surface area contributed by atoms with E-state index in [9.17, 15) is 9.90 Å². The molecule has 2 rings (SSSR count). The molecule has 4 nitrogen and oxygen atoms in total. The van der Waals surface area contributed by atoms with E-state index in [1.165, 1.54) is 22.7 Å². The zero-order valence-electron chi connectivity index (χ0n) is 11.6. The number of hydrogen-bond donors (Lipinski definition) is 1. The smallest absolute Gasteiger partial charge is 0.348 e. The van der Waals surface area contributed by atoms with Crippen molar-refractivity contribution < 1.29 is 9.90 Å². The van der Waals surface area contributed by atoms with Crippen LogP contribution in [0.1, 0.15) is 34.4 Å². The van der Waals surface area contributed by atoms with Crippen LogP contribution in [0, 0.1) is 0 Å². The van der Waals surface area contributed by atoms with E-state index in [0.717, 1.165) is 29.3 Å². The van der Waals surface area contributed by atoms with Crippen LogP contribution < -0.4 is 0 Å². The van der Waals surface area contributed by atoms with Gasteiger partial charge in [-0.05, 0) is 31.5 Å². The number of unbranched alkanes of at least 4 members (excludes halogenated alkanes) is 1. The van der Waals surface area contributed by atoms with Crippen LogP contribution in [0.25, 0.3) is 10.6 Å². The quantitative estimate of drug-likeness (QED) is 0.845. The Morgan fingerprint density at radius 3 is 2.90 bits per heavy atom. The lowest BCUT2D eigenvalue weighted by Gasteiger charge is -2.13. The number of carboxylic acid groups (broad SMARTS) is 1. The van der Waals surface area contributed by atoms with Crippen molar-refractivity contribution in [1.82, 2.24) is 9.88 Å². The molecule has 0 aliphatic rings. The molecule has 0 bridgehead atoms. The molecule has 0 spiro atoms. The summed E-state index contributed by atoms with van der Waals surface area (Å²) < 4.78 is 0. The van der Waals surface area contributed by atoms with Crippen molar-refractivity contribution in [3.8, 4) is 10.6 Å². The fourth-order valence-corrected chi connectivity index (χ4v) is 3.68. The molecule has 0 aromatic carbocycles. The molecule has 0 saturated carbocycles. The predicted octanol–water partition coefficient (Wildman–Crippen LogP) is 3.80. The van der Waals surface area contributed by atoms with Crippen molar-refractivity contribution in [3.63, 3.8) is 0 Å². The van der Waals surface area contributed by atoms with Gasteiger partial charge in [0.1, 0.15) is 15.6 Å². The molecule has 0 fully saturated rings. The SMILES string of the molecule is CCCCN(C)Cc1nc(-c2cccs2)c(C(=O)O)s1. The van der Waals surface area contributed by atoms with Crippen LogP contribution in [0.3, 0.4) is 0 Å². The highest BCUT2D eigenvalue weighted by atomic mass is 32.1. The van der Waals surface area contributed by atoms with Crippen LogP contribution in [-0.4, -0.2) is 34.6 Å². The first-order valence-electron chi connectivity index (χ1n) is 6.57. The van der Waals surface area contributed by atoms with E-state index in [1.807, 2.05) is 24.6 Å². The Bertz CT molecular complexity index is 564. The summed E-state index contributed by atoms with van der Waals surface area (Å²) in [5.74, 6) is -0.895. The van der Waals surface area contributed by atoms with Crippen molar-refractivity contribution in [1.29, 1.82) is 0 Å². The van der Waals surface area contributed by atoms with E-state index in [2.05, 4.69) is 16.8 Å². The second kappa shape index (κ2) is 6.97. The fourth-order valence-electron chi connectivity index (χ4n) is 1.90. The van der Waals surface area contributed by atoms with E-state index in [1.54, 1.807) is 0 Å². The highest BCUT2D eigenvalue weighted by Gasteiger charge is 2.19. The summed E-state index contributed by atoms with van der Waals surface area (Å²) >= 11 is 2.80. The number of aromatic nitrogens is 1. The van der Waals surface area contributed by atoms with Crippen molar-refractivity contribution in [2.45, 2.75) is 26.3 Å². The molecule has 1 N–H and O–H groups in total. The molecule has 20 heavy (non-hydrogen) atoms. The van der Waals surface area contributed by atoms with Crippen molar-refractivity contribution in [3.05, 3.63) is 27.4 Å². The fraction of sp³-hybridized carbons (Fsp3) is 0.429. The van der Waals surface area contributed by atoms with E-state index in [-0.39, 0.29) is 0 Å². The largest absolute Gasteiger partial charge is 0.477 e. The van der Waals surface area contributed by atoms with Crippen LogP contribution in [0.5, 0.6) is 0 Å². The van der Waals surface area contributed by atoms with Gasteiger partial charge >= 0.3 is 5.97 Å². The van der Waals surface area contributed by atoms with Gasteiger partial charge in [0.2, 0.25) is 0 Å².